The third kappa shape index (κ3) is 2.15. The van der Waals surface area contributed by atoms with Gasteiger partial charge in [0.2, 0.25) is 0 Å². The third-order valence-electron chi connectivity index (χ3n) is 1.98. The van der Waals surface area contributed by atoms with E-state index in [1.54, 1.807) is 12.1 Å². The Balaban J connectivity index is 3.18. The van der Waals surface area contributed by atoms with Crippen LogP contribution in [0.1, 0.15) is 17.2 Å². The summed E-state index contributed by atoms with van der Waals surface area (Å²) in [6.45, 7) is 1.73. The largest absolute Gasteiger partial charge is 0.394 e. The molecule has 0 radical (unpaired) electrons. The molecule has 1 aromatic rings. The van der Waals surface area contributed by atoms with Gasteiger partial charge in [0.05, 0.1) is 22.7 Å². The van der Waals surface area contributed by atoms with Gasteiger partial charge in [0.15, 0.2) is 0 Å². The maximum Gasteiger partial charge on any atom is 0.0624 e. The number of rotatable bonds is 2. The summed E-state index contributed by atoms with van der Waals surface area (Å²) in [5.74, 6) is 0. The molecule has 1 unspecified atom stereocenters. The van der Waals surface area contributed by atoms with Crippen molar-refractivity contribution < 1.29 is 5.11 Å². The Bertz CT molecular complexity index is 315. The summed E-state index contributed by atoms with van der Waals surface area (Å²) in [6, 6.07) is 3.07. The molecule has 0 fully saturated rings. The molecule has 0 amide bonds. The molecule has 1 rings (SSSR count). The third-order valence-corrected chi connectivity index (χ3v) is 2.88. The van der Waals surface area contributed by atoms with Gasteiger partial charge in [0, 0.05) is 0 Å². The molecule has 0 heterocycles. The number of halogens is 2. The van der Waals surface area contributed by atoms with Gasteiger partial charge < -0.3 is 10.8 Å². The van der Waals surface area contributed by atoms with Gasteiger partial charge in [0.25, 0.3) is 0 Å². The van der Waals surface area contributed by atoms with E-state index in [1.165, 1.54) is 0 Å². The first kappa shape index (κ1) is 10.8. The second-order valence-corrected chi connectivity index (χ2v) is 3.65. The van der Waals surface area contributed by atoms with Gasteiger partial charge in [-0.1, -0.05) is 29.3 Å². The predicted molar refractivity (Wildman–Crippen MR) is 55.2 cm³/mol. The molecule has 0 saturated carbocycles. The Morgan fingerprint density at radius 3 is 2.62 bits per heavy atom. The van der Waals surface area contributed by atoms with E-state index in [9.17, 15) is 0 Å². The van der Waals surface area contributed by atoms with Crippen LogP contribution in [0, 0.1) is 6.92 Å². The minimum absolute atomic E-state index is 0.0984. The van der Waals surface area contributed by atoms with Crippen LogP contribution in [0.5, 0.6) is 0 Å². The lowest BCUT2D eigenvalue weighted by atomic mass is 10.0. The van der Waals surface area contributed by atoms with Crippen LogP contribution < -0.4 is 5.73 Å². The number of aliphatic hydroxyl groups is 1. The highest BCUT2D eigenvalue weighted by Gasteiger charge is 2.11. The average Bonchev–Trinajstić information content (AvgIpc) is 2.13. The number of aliphatic hydroxyl groups excluding tert-OH is 1. The fourth-order valence-electron chi connectivity index (χ4n) is 1.17. The first-order chi connectivity index (χ1) is 6.07. The smallest absolute Gasteiger partial charge is 0.0624 e. The van der Waals surface area contributed by atoms with Crippen molar-refractivity contribution >= 4 is 23.2 Å². The summed E-state index contributed by atoms with van der Waals surface area (Å²) < 4.78 is 0. The van der Waals surface area contributed by atoms with Crippen LogP contribution in [0.15, 0.2) is 12.1 Å². The van der Waals surface area contributed by atoms with Crippen LogP contribution in [-0.4, -0.2) is 11.7 Å². The molecule has 0 aliphatic rings. The fraction of sp³-hybridized carbons (Fsp3) is 0.333. The van der Waals surface area contributed by atoms with Crippen molar-refractivity contribution in [2.75, 3.05) is 6.61 Å². The molecule has 0 aromatic heterocycles. The summed E-state index contributed by atoms with van der Waals surface area (Å²) >= 11 is 11.7. The van der Waals surface area contributed by atoms with E-state index in [0.29, 0.717) is 10.0 Å². The van der Waals surface area contributed by atoms with Crippen molar-refractivity contribution in [3.05, 3.63) is 33.3 Å². The Hall–Kier alpha value is -0.280. The summed E-state index contributed by atoms with van der Waals surface area (Å²) in [5, 5.41) is 9.88. The molecule has 0 aliphatic carbocycles. The first-order valence-corrected chi connectivity index (χ1v) is 4.64. The van der Waals surface area contributed by atoms with Crippen molar-refractivity contribution in [3.63, 3.8) is 0 Å². The van der Waals surface area contributed by atoms with Crippen molar-refractivity contribution in [1.82, 2.24) is 0 Å². The SMILES string of the molecule is Cc1c(C(N)CO)ccc(Cl)c1Cl. The Kier molecular flexibility index (Phi) is 3.56. The lowest BCUT2D eigenvalue weighted by Crippen LogP contribution is -2.15. The first-order valence-electron chi connectivity index (χ1n) is 3.89. The number of hydrogen-bond donors (Lipinski definition) is 2. The van der Waals surface area contributed by atoms with Gasteiger partial charge in [-0.15, -0.1) is 0 Å². The summed E-state index contributed by atoms with van der Waals surface area (Å²) in [6.07, 6.45) is 0. The molecule has 13 heavy (non-hydrogen) atoms. The molecule has 4 heteroatoms. The van der Waals surface area contributed by atoms with E-state index < -0.39 is 6.04 Å². The highest BCUT2D eigenvalue weighted by molar-refractivity contribution is 6.42. The molecule has 72 valence electrons. The van der Waals surface area contributed by atoms with E-state index in [-0.39, 0.29) is 6.61 Å². The maximum atomic E-state index is 8.87. The van der Waals surface area contributed by atoms with E-state index in [1.807, 2.05) is 6.92 Å². The van der Waals surface area contributed by atoms with E-state index in [0.717, 1.165) is 11.1 Å². The second-order valence-electron chi connectivity index (χ2n) is 2.86. The highest BCUT2D eigenvalue weighted by Crippen LogP contribution is 2.29. The van der Waals surface area contributed by atoms with Crippen LogP contribution in [0.25, 0.3) is 0 Å². The summed E-state index contributed by atoms with van der Waals surface area (Å²) in [7, 11) is 0. The highest BCUT2D eigenvalue weighted by atomic mass is 35.5. The Labute approximate surface area is 87.3 Å². The van der Waals surface area contributed by atoms with Gasteiger partial charge in [-0.2, -0.15) is 0 Å². The quantitative estimate of drug-likeness (QED) is 0.803. The van der Waals surface area contributed by atoms with Crippen LogP contribution >= 0.6 is 23.2 Å². The molecule has 1 aromatic carbocycles. The lowest BCUT2D eigenvalue weighted by Gasteiger charge is -2.13. The van der Waals surface area contributed by atoms with Crippen LogP contribution in [-0.2, 0) is 0 Å². The minimum Gasteiger partial charge on any atom is -0.394 e. The van der Waals surface area contributed by atoms with Gasteiger partial charge in [-0.25, -0.2) is 0 Å². The molecule has 0 spiro atoms. The monoisotopic (exact) mass is 219 g/mol. The second kappa shape index (κ2) is 4.29. The number of hydrogen-bond acceptors (Lipinski definition) is 2. The topological polar surface area (TPSA) is 46.2 Å². The van der Waals surface area contributed by atoms with E-state index in [2.05, 4.69) is 0 Å². The fourth-order valence-corrected chi connectivity index (χ4v) is 1.54. The van der Waals surface area contributed by atoms with Crippen molar-refractivity contribution in [2.24, 2.45) is 5.73 Å². The van der Waals surface area contributed by atoms with Crippen LogP contribution in [0.3, 0.4) is 0 Å². The minimum atomic E-state index is -0.394. The number of nitrogens with two attached hydrogens (primary N) is 1. The zero-order chi connectivity index (χ0) is 10.0. The van der Waals surface area contributed by atoms with E-state index >= 15 is 0 Å². The predicted octanol–water partition coefficient (Wildman–Crippen LogP) is 2.29. The molecule has 2 nitrogen and oxygen atoms in total. The van der Waals surface area contributed by atoms with Gasteiger partial charge in [0.1, 0.15) is 0 Å². The zero-order valence-electron chi connectivity index (χ0n) is 7.22. The molecule has 0 bridgehead atoms. The molecule has 0 aliphatic heterocycles. The summed E-state index contributed by atoms with van der Waals surface area (Å²) in [4.78, 5) is 0. The maximum absolute atomic E-state index is 8.87. The zero-order valence-corrected chi connectivity index (χ0v) is 8.73. The average molecular weight is 220 g/mol. The van der Waals surface area contributed by atoms with E-state index in [4.69, 9.17) is 34.0 Å². The molecule has 3 N–H and O–H groups in total. The van der Waals surface area contributed by atoms with Gasteiger partial charge in [-0.05, 0) is 24.1 Å². The molecule has 1 atom stereocenters. The molecular formula is C9H11Cl2NO. The summed E-state index contributed by atoms with van der Waals surface area (Å²) in [5.41, 5.74) is 7.32. The van der Waals surface area contributed by atoms with Gasteiger partial charge in [-0.3, -0.25) is 0 Å². The van der Waals surface area contributed by atoms with Crippen LogP contribution in [0.2, 0.25) is 10.0 Å². The Morgan fingerprint density at radius 2 is 2.08 bits per heavy atom. The Morgan fingerprint density at radius 1 is 1.46 bits per heavy atom. The normalized spacial score (nSPS) is 13.0. The standard InChI is InChI=1S/C9H11Cl2NO/c1-5-6(8(12)4-13)2-3-7(10)9(5)11/h2-3,8,13H,4,12H2,1H3. The van der Waals surface area contributed by atoms with Crippen molar-refractivity contribution in [3.8, 4) is 0 Å². The van der Waals surface area contributed by atoms with Gasteiger partial charge >= 0.3 is 0 Å². The number of benzene rings is 1. The van der Waals surface area contributed by atoms with Crippen LogP contribution in [0.4, 0.5) is 0 Å². The van der Waals surface area contributed by atoms with Crippen molar-refractivity contribution in [2.45, 2.75) is 13.0 Å². The lowest BCUT2D eigenvalue weighted by molar-refractivity contribution is 0.267. The molecule has 0 saturated heterocycles. The molecular weight excluding hydrogens is 209 g/mol. The van der Waals surface area contributed by atoms with Crippen molar-refractivity contribution in [1.29, 1.82) is 0 Å².